The van der Waals surface area contributed by atoms with Gasteiger partial charge in [0.25, 0.3) is 5.91 Å². The molecule has 3 aromatic carbocycles. The second kappa shape index (κ2) is 8.51. The van der Waals surface area contributed by atoms with Crippen molar-refractivity contribution in [3.05, 3.63) is 107 Å². The van der Waals surface area contributed by atoms with Gasteiger partial charge in [-0.3, -0.25) is 9.69 Å². The van der Waals surface area contributed by atoms with E-state index in [0.717, 1.165) is 53.4 Å². The summed E-state index contributed by atoms with van der Waals surface area (Å²) in [5.41, 5.74) is -1.76. The fraction of sp³-hybridized carbons (Fsp3) is 0.125. The molecule has 34 heavy (non-hydrogen) atoms. The number of benzene rings is 3. The number of nitrogens with one attached hydrogen (secondary N) is 1. The van der Waals surface area contributed by atoms with E-state index < -0.39 is 41.2 Å². The molecule has 0 unspecified atom stereocenters. The number of carbonyl (C=O) groups excluding carboxylic acids is 1. The Bertz CT molecular complexity index is 1250. The van der Waals surface area contributed by atoms with Crippen molar-refractivity contribution in [2.75, 3.05) is 10.2 Å². The maximum Gasteiger partial charge on any atom is 0.416 e. The second-order valence-electron chi connectivity index (χ2n) is 7.50. The standard InChI is InChI=1S/C24H15F7N2O/c25-17-9-7-14(8-10-17)21-13-20(32-18-5-1-3-15(11-18)23(26,27)28)22(34)33(21)19-6-2-4-16(12-19)24(29,30)31/h1-13,21,32H/t21-/m1/s1. The van der Waals surface area contributed by atoms with Crippen molar-refractivity contribution < 1.29 is 35.5 Å². The lowest BCUT2D eigenvalue weighted by Gasteiger charge is -2.26. The highest BCUT2D eigenvalue weighted by molar-refractivity contribution is 6.11. The molecule has 0 saturated heterocycles. The maximum atomic E-state index is 13.4. The van der Waals surface area contributed by atoms with Gasteiger partial charge in [-0.1, -0.05) is 24.3 Å². The first kappa shape index (κ1) is 23.3. The van der Waals surface area contributed by atoms with E-state index in [1.807, 2.05) is 0 Å². The molecule has 10 heteroatoms. The zero-order valence-electron chi connectivity index (χ0n) is 17.1. The van der Waals surface area contributed by atoms with Crippen LogP contribution >= 0.6 is 0 Å². The minimum Gasteiger partial charge on any atom is -0.351 e. The Morgan fingerprint density at radius 2 is 1.35 bits per heavy atom. The summed E-state index contributed by atoms with van der Waals surface area (Å²) in [5, 5.41) is 2.63. The summed E-state index contributed by atoms with van der Waals surface area (Å²) in [4.78, 5) is 14.3. The molecule has 0 aromatic heterocycles. The molecule has 1 aliphatic rings. The van der Waals surface area contributed by atoms with Gasteiger partial charge in [-0.25, -0.2) is 4.39 Å². The lowest BCUT2D eigenvalue weighted by atomic mass is 10.1. The topological polar surface area (TPSA) is 32.3 Å². The molecule has 1 amide bonds. The average Bonchev–Trinajstić information content (AvgIpc) is 3.09. The van der Waals surface area contributed by atoms with E-state index in [4.69, 9.17) is 0 Å². The van der Waals surface area contributed by atoms with Crippen molar-refractivity contribution >= 4 is 17.3 Å². The molecule has 4 rings (SSSR count). The molecule has 1 aliphatic heterocycles. The molecule has 1 atom stereocenters. The minimum atomic E-state index is -4.66. The zero-order valence-corrected chi connectivity index (χ0v) is 17.1. The fourth-order valence-corrected chi connectivity index (χ4v) is 3.60. The Morgan fingerprint density at radius 3 is 1.97 bits per heavy atom. The number of amides is 1. The Morgan fingerprint density at radius 1 is 0.765 bits per heavy atom. The third-order valence-electron chi connectivity index (χ3n) is 5.18. The lowest BCUT2D eigenvalue weighted by molar-refractivity contribution is -0.138. The van der Waals surface area contributed by atoms with E-state index >= 15 is 0 Å². The summed E-state index contributed by atoms with van der Waals surface area (Å²) >= 11 is 0. The van der Waals surface area contributed by atoms with Gasteiger partial charge in [0.2, 0.25) is 0 Å². The van der Waals surface area contributed by atoms with Crippen LogP contribution in [0.2, 0.25) is 0 Å². The van der Waals surface area contributed by atoms with Crippen molar-refractivity contribution in [2.45, 2.75) is 18.4 Å². The SMILES string of the molecule is O=C1C(Nc2cccc(C(F)(F)F)c2)=C[C@H](c2ccc(F)cc2)N1c1cccc(C(F)(F)F)c1. The normalized spacial score (nSPS) is 16.6. The molecule has 1 N–H and O–H groups in total. The van der Waals surface area contributed by atoms with E-state index in [-0.39, 0.29) is 17.1 Å². The predicted molar refractivity (Wildman–Crippen MR) is 111 cm³/mol. The average molecular weight is 480 g/mol. The van der Waals surface area contributed by atoms with Gasteiger partial charge in [0, 0.05) is 11.4 Å². The van der Waals surface area contributed by atoms with Gasteiger partial charge in [0.05, 0.1) is 17.2 Å². The zero-order chi connectivity index (χ0) is 24.7. The fourth-order valence-electron chi connectivity index (χ4n) is 3.60. The van der Waals surface area contributed by atoms with Crippen LogP contribution in [0, 0.1) is 5.82 Å². The van der Waals surface area contributed by atoms with E-state index in [1.165, 1.54) is 30.3 Å². The number of rotatable bonds is 4. The molecule has 3 nitrogen and oxygen atoms in total. The monoisotopic (exact) mass is 480 g/mol. The number of alkyl halides is 6. The summed E-state index contributed by atoms with van der Waals surface area (Å²) in [5.74, 6) is -1.31. The van der Waals surface area contributed by atoms with Crippen molar-refractivity contribution in [3.8, 4) is 0 Å². The van der Waals surface area contributed by atoms with Crippen LogP contribution in [0.1, 0.15) is 22.7 Å². The quantitative estimate of drug-likeness (QED) is 0.410. The number of carbonyl (C=O) groups is 1. The number of hydrogen-bond acceptors (Lipinski definition) is 2. The van der Waals surface area contributed by atoms with Crippen LogP contribution in [0.25, 0.3) is 0 Å². The Balaban J connectivity index is 1.74. The summed E-state index contributed by atoms with van der Waals surface area (Å²) in [6, 6.07) is 12.4. The molecule has 0 aliphatic carbocycles. The van der Waals surface area contributed by atoms with Crippen LogP contribution in [-0.2, 0) is 17.1 Å². The number of hydrogen-bond donors (Lipinski definition) is 1. The Labute approximate surface area is 189 Å². The summed E-state index contributed by atoms with van der Waals surface area (Å²) in [7, 11) is 0. The van der Waals surface area contributed by atoms with Gasteiger partial charge in [0.15, 0.2) is 0 Å². The van der Waals surface area contributed by atoms with E-state index in [2.05, 4.69) is 5.32 Å². The van der Waals surface area contributed by atoms with Crippen LogP contribution in [0.4, 0.5) is 42.1 Å². The molecular weight excluding hydrogens is 465 g/mol. The number of nitrogens with zero attached hydrogens (tertiary/aromatic N) is 1. The highest BCUT2D eigenvalue weighted by atomic mass is 19.4. The van der Waals surface area contributed by atoms with Crippen molar-refractivity contribution in [1.82, 2.24) is 0 Å². The van der Waals surface area contributed by atoms with Crippen molar-refractivity contribution in [3.63, 3.8) is 0 Å². The van der Waals surface area contributed by atoms with Gasteiger partial charge in [-0.2, -0.15) is 26.3 Å². The molecular formula is C24H15F7N2O. The predicted octanol–water partition coefficient (Wildman–Crippen LogP) is 6.95. The van der Waals surface area contributed by atoms with Crippen molar-refractivity contribution in [2.24, 2.45) is 0 Å². The molecule has 3 aromatic rings. The van der Waals surface area contributed by atoms with Crippen LogP contribution < -0.4 is 10.2 Å². The number of halogens is 7. The molecule has 1 heterocycles. The lowest BCUT2D eigenvalue weighted by Crippen LogP contribution is -2.31. The first-order valence-electron chi connectivity index (χ1n) is 9.86. The highest BCUT2D eigenvalue weighted by Crippen LogP contribution is 2.39. The third kappa shape index (κ3) is 4.75. The molecule has 0 spiro atoms. The van der Waals surface area contributed by atoms with Crippen LogP contribution in [0.3, 0.4) is 0 Å². The van der Waals surface area contributed by atoms with Gasteiger partial charge in [-0.15, -0.1) is 0 Å². The summed E-state index contributed by atoms with van der Waals surface area (Å²) < 4.78 is 92.3. The highest BCUT2D eigenvalue weighted by Gasteiger charge is 2.37. The minimum absolute atomic E-state index is 0.0295. The first-order chi connectivity index (χ1) is 15.9. The van der Waals surface area contributed by atoms with Gasteiger partial charge in [-0.05, 0) is 60.2 Å². The third-order valence-corrected chi connectivity index (χ3v) is 5.18. The molecule has 0 fully saturated rings. The van der Waals surface area contributed by atoms with Crippen molar-refractivity contribution in [1.29, 1.82) is 0 Å². The van der Waals surface area contributed by atoms with Gasteiger partial charge >= 0.3 is 12.4 Å². The largest absolute Gasteiger partial charge is 0.416 e. The molecule has 0 bridgehead atoms. The van der Waals surface area contributed by atoms with Crippen LogP contribution in [0.5, 0.6) is 0 Å². The van der Waals surface area contributed by atoms with Crippen LogP contribution in [0.15, 0.2) is 84.6 Å². The van der Waals surface area contributed by atoms with E-state index in [0.29, 0.717) is 5.56 Å². The Kier molecular flexibility index (Phi) is 5.84. The Hall–Kier alpha value is -3.82. The van der Waals surface area contributed by atoms with Crippen LogP contribution in [-0.4, -0.2) is 5.91 Å². The number of anilines is 2. The molecule has 0 radical (unpaired) electrons. The van der Waals surface area contributed by atoms with Gasteiger partial charge in [0.1, 0.15) is 11.5 Å². The van der Waals surface area contributed by atoms with Gasteiger partial charge < -0.3 is 5.32 Å². The molecule has 176 valence electrons. The van der Waals surface area contributed by atoms with E-state index in [1.54, 1.807) is 0 Å². The summed E-state index contributed by atoms with van der Waals surface area (Å²) in [6.07, 6.45) is -7.89. The molecule has 0 saturated carbocycles. The smallest absolute Gasteiger partial charge is 0.351 e. The first-order valence-corrected chi connectivity index (χ1v) is 9.86. The second-order valence-corrected chi connectivity index (χ2v) is 7.50. The van der Waals surface area contributed by atoms with E-state index in [9.17, 15) is 35.5 Å². The summed E-state index contributed by atoms with van der Waals surface area (Å²) in [6.45, 7) is 0. The maximum absolute atomic E-state index is 13.4.